The Kier molecular flexibility index (Phi) is 7.65. The SMILES string of the molecule is CN=C(NCCc1cccc(C(=O)N(C)C)c1)NCc1cc(N(C)C)nc2ccccc12. The maximum absolute atomic E-state index is 12.2. The van der Waals surface area contributed by atoms with Crippen LogP contribution in [0.3, 0.4) is 0 Å². The second-order valence-corrected chi connectivity index (χ2v) is 8.05. The van der Waals surface area contributed by atoms with Gasteiger partial charge in [-0.2, -0.15) is 0 Å². The van der Waals surface area contributed by atoms with Crippen LogP contribution in [-0.2, 0) is 13.0 Å². The highest BCUT2D eigenvalue weighted by Gasteiger charge is 2.09. The number of amides is 1. The smallest absolute Gasteiger partial charge is 0.253 e. The van der Waals surface area contributed by atoms with Crippen LogP contribution >= 0.6 is 0 Å². The minimum atomic E-state index is 0.0129. The third kappa shape index (κ3) is 5.75. The van der Waals surface area contributed by atoms with Crippen molar-refractivity contribution in [2.75, 3.05) is 46.7 Å². The Balaban J connectivity index is 1.62. The number of aliphatic imine (C=N–C) groups is 1. The van der Waals surface area contributed by atoms with Crippen LogP contribution in [0.1, 0.15) is 21.5 Å². The molecule has 7 nitrogen and oxygen atoms in total. The number of anilines is 1. The van der Waals surface area contributed by atoms with Gasteiger partial charge in [-0.1, -0.05) is 30.3 Å². The summed E-state index contributed by atoms with van der Waals surface area (Å²) in [6, 6.07) is 18.0. The molecule has 0 spiro atoms. The molecule has 0 unspecified atom stereocenters. The summed E-state index contributed by atoms with van der Waals surface area (Å²) in [5.41, 5.74) is 3.95. The summed E-state index contributed by atoms with van der Waals surface area (Å²) in [5, 5.41) is 7.90. The van der Waals surface area contributed by atoms with Crippen LogP contribution in [-0.4, -0.2) is 63.5 Å². The molecule has 32 heavy (non-hydrogen) atoms. The maximum Gasteiger partial charge on any atom is 0.253 e. The molecular formula is C25H32N6O. The zero-order chi connectivity index (χ0) is 23.1. The van der Waals surface area contributed by atoms with E-state index in [1.54, 1.807) is 26.0 Å². The molecule has 0 bridgehead atoms. The van der Waals surface area contributed by atoms with Crippen LogP contribution in [0.4, 0.5) is 5.82 Å². The van der Waals surface area contributed by atoms with Crippen molar-refractivity contribution < 1.29 is 4.79 Å². The van der Waals surface area contributed by atoms with E-state index in [0.29, 0.717) is 18.7 Å². The molecule has 2 N–H and O–H groups in total. The van der Waals surface area contributed by atoms with E-state index < -0.39 is 0 Å². The summed E-state index contributed by atoms with van der Waals surface area (Å²) in [6.07, 6.45) is 0.790. The number of aromatic nitrogens is 1. The Labute approximate surface area is 190 Å². The molecule has 1 aromatic heterocycles. The zero-order valence-electron chi connectivity index (χ0n) is 19.5. The van der Waals surface area contributed by atoms with Gasteiger partial charge >= 0.3 is 0 Å². The number of carbonyl (C=O) groups is 1. The molecule has 0 saturated carbocycles. The molecule has 0 fully saturated rings. The molecule has 0 aliphatic heterocycles. The molecule has 3 rings (SSSR count). The molecule has 1 amide bonds. The van der Waals surface area contributed by atoms with E-state index in [2.05, 4.69) is 27.8 Å². The highest BCUT2D eigenvalue weighted by molar-refractivity contribution is 5.94. The molecule has 0 radical (unpaired) electrons. The first-order chi connectivity index (χ1) is 15.4. The van der Waals surface area contributed by atoms with E-state index in [0.717, 1.165) is 40.2 Å². The van der Waals surface area contributed by atoms with Crippen molar-refractivity contribution in [1.82, 2.24) is 20.5 Å². The van der Waals surface area contributed by atoms with Crippen LogP contribution in [0.2, 0.25) is 0 Å². The molecule has 0 aliphatic carbocycles. The van der Waals surface area contributed by atoms with Crippen molar-refractivity contribution in [2.24, 2.45) is 4.99 Å². The highest BCUT2D eigenvalue weighted by Crippen LogP contribution is 2.22. The average molecular weight is 433 g/mol. The van der Waals surface area contributed by atoms with Gasteiger partial charge in [0.1, 0.15) is 5.82 Å². The first kappa shape index (κ1) is 23.1. The van der Waals surface area contributed by atoms with Gasteiger partial charge in [0.2, 0.25) is 0 Å². The third-order valence-corrected chi connectivity index (χ3v) is 5.20. The lowest BCUT2D eigenvalue weighted by Crippen LogP contribution is -2.38. The van der Waals surface area contributed by atoms with Gasteiger partial charge in [0, 0.05) is 59.3 Å². The quantitative estimate of drug-likeness (QED) is 0.444. The molecular weight excluding hydrogens is 400 g/mol. The van der Waals surface area contributed by atoms with E-state index in [9.17, 15) is 4.79 Å². The molecule has 0 atom stereocenters. The standard InChI is InChI=1S/C25H32N6O/c1-26-25(27-14-13-18-9-8-10-19(15-18)24(32)31(4)5)28-17-20-16-23(30(2)3)29-22-12-7-6-11-21(20)22/h6-12,15-16H,13-14,17H2,1-5H3,(H2,26,27,28). The van der Waals surface area contributed by atoms with Gasteiger partial charge < -0.3 is 20.4 Å². The van der Waals surface area contributed by atoms with Gasteiger partial charge in [-0.15, -0.1) is 0 Å². The second kappa shape index (κ2) is 10.6. The van der Waals surface area contributed by atoms with Crippen molar-refractivity contribution >= 4 is 28.6 Å². The number of hydrogen-bond donors (Lipinski definition) is 2. The van der Waals surface area contributed by atoms with Crippen LogP contribution in [0, 0.1) is 0 Å². The number of pyridine rings is 1. The number of nitrogens with one attached hydrogen (secondary N) is 2. The van der Waals surface area contributed by atoms with E-state index in [-0.39, 0.29) is 5.91 Å². The summed E-state index contributed by atoms with van der Waals surface area (Å²) >= 11 is 0. The Morgan fingerprint density at radius 1 is 1.00 bits per heavy atom. The van der Waals surface area contributed by atoms with Gasteiger partial charge in [0.05, 0.1) is 5.52 Å². The Hall–Kier alpha value is -3.61. The normalized spacial score (nSPS) is 11.3. The van der Waals surface area contributed by atoms with Crippen molar-refractivity contribution in [2.45, 2.75) is 13.0 Å². The fraction of sp³-hybridized carbons (Fsp3) is 0.320. The molecule has 168 valence electrons. The van der Waals surface area contributed by atoms with E-state index in [1.807, 2.05) is 61.5 Å². The van der Waals surface area contributed by atoms with Crippen LogP contribution < -0.4 is 15.5 Å². The topological polar surface area (TPSA) is 72.9 Å². The van der Waals surface area contributed by atoms with Gasteiger partial charge in [0.15, 0.2) is 5.96 Å². The number of carbonyl (C=O) groups excluding carboxylic acids is 1. The van der Waals surface area contributed by atoms with Crippen LogP contribution in [0.25, 0.3) is 10.9 Å². The van der Waals surface area contributed by atoms with E-state index >= 15 is 0 Å². The summed E-state index contributed by atoms with van der Waals surface area (Å²) in [4.78, 5) is 24.9. The zero-order valence-corrected chi connectivity index (χ0v) is 19.5. The number of guanidine groups is 1. The van der Waals surface area contributed by atoms with Gasteiger partial charge in [-0.25, -0.2) is 4.98 Å². The van der Waals surface area contributed by atoms with Crippen molar-refractivity contribution in [3.05, 3.63) is 71.3 Å². The number of hydrogen-bond acceptors (Lipinski definition) is 4. The first-order valence-corrected chi connectivity index (χ1v) is 10.7. The summed E-state index contributed by atoms with van der Waals surface area (Å²) in [6.45, 7) is 1.34. The van der Waals surface area contributed by atoms with Gasteiger partial charge in [-0.3, -0.25) is 9.79 Å². The van der Waals surface area contributed by atoms with Crippen LogP contribution in [0.15, 0.2) is 59.6 Å². The van der Waals surface area contributed by atoms with Crippen molar-refractivity contribution in [3.8, 4) is 0 Å². The lowest BCUT2D eigenvalue weighted by atomic mass is 10.1. The Morgan fingerprint density at radius 3 is 2.50 bits per heavy atom. The number of para-hydroxylation sites is 1. The highest BCUT2D eigenvalue weighted by atomic mass is 16.2. The summed E-state index contributed by atoms with van der Waals surface area (Å²) < 4.78 is 0. The summed E-state index contributed by atoms with van der Waals surface area (Å²) in [7, 11) is 9.28. The van der Waals surface area contributed by atoms with Gasteiger partial charge in [-0.05, 0) is 41.8 Å². The van der Waals surface area contributed by atoms with Crippen molar-refractivity contribution in [1.29, 1.82) is 0 Å². The number of benzene rings is 2. The fourth-order valence-electron chi connectivity index (χ4n) is 3.45. The Bertz CT molecular complexity index is 1110. The molecule has 0 saturated heterocycles. The predicted molar refractivity (Wildman–Crippen MR) is 132 cm³/mol. The number of fused-ring (bicyclic) bond motifs is 1. The molecule has 7 heteroatoms. The molecule has 3 aromatic rings. The minimum Gasteiger partial charge on any atom is -0.363 e. The van der Waals surface area contributed by atoms with E-state index in [4.69, 9.17) is 4.98 Å². The van der Waals surface area contributed by atoms with Gasteiger partial charge in [0.25, 0.3) is 5.91 Å². The minimum absolute atomic E-state index is 0.0129. The first-order valence-electron chi connectivity index (χ1n) is 10.7. The summed E-state index contributed by atoms with van der Waals surface area (Å²) in [5.74, 6) is 1.67. The average Bonchev–Trinajstić information content (AvgIpc) is 2.80. The lowest BCUT2D eigenvalue weighted by Gasteiger charge is -2.17. The van der Waals surface area contributed by atoms with E-state index in [1.165, 1.54) is 0 Å². The monoisotopic (exact) mass is 432 g/mol. The predicted octanol–water partition coefficient (Wildman–Crippen LogP) is 2.91. The molecule has 0 aliphatic rings. The lowest BCUT2D eigenvalue weighted by molar-refractivity contribution is 0.0827. The number of rotatable bonds is 7. The fourth-order valence-corrected chi connectivity index (χ4v) is 3.45. The largest absolute Gasteiger partial charge is 0.363 e. The second-order valence-electron chi connectivity index (χ2n) is 8.05. The van der Waals surface area contributed by atoms with Crippen molar-refractivity contribution in [3.63, 3.8) is 0 Å². The molecule has 2 aromatic carbocycles. The maximum atomic E-state index is 12.2. The third-order valence-electron chi connectivity index (χ3n) is 5.20. The molecule has 1 heterocycles. The van der Waals surface area contributed by atoms with Crippen LogP contribution in [0.5, 0.6) is 0 Å². The Morgan fingerprint density at radius 2 is 1.78 bits per heavy atom. The number of nitrogens with zero attached hydrogens (tertiary/aromatic N) is 4.